The highest BCUT2D eigenvalue weighted by Crippen LogP contribution is 2.18. The number of aromatic amines is 1. The Morgan fingerprint density at radius 2 is 1.50 bits per heavy atom. The Bertz CT molecular complexity index is 1200. The molecule has 206 valence electrons. The van der Waals surface area contributed by atoms with Gasteiger partial charge in [-0.25, -0.2) is 4.79 Å². The number of carbonyl (C=O) groups excluding carboxylic acids is 4. The van der Waals surface area contributed by atoms with Crippen LogP contribution in [0.4, 0.5) is 0 Å². The second kappa shape index (κ2) is 13.7. The van der Waals surface area contributed by atoms with Crippen molar-refractivity contribution >= 4 is 46.5 Å². The van der Waals surface area contributed by atoms with Gasteiger partial charge in [-0.1, -0.05) is 18.2 Å². The Hall–Kier alpha value is -4.50. The summed E-state index contributed by atoms with van der Waals surface area (Å²) in [5, 5.41) is 34.5. The van der Waals surface area contributed by atoms with E-state index in [1.165, 1.54) is 0 Å². The number of aromatic nitrogens is 1. The van der Waals surface area contributed by atoms with Gasteiger partial charge in [0.1, 0.15) is 18.1 Å². The van der Waals surface area contributed by atoms with E-state index < -0.39 is 72.8 Å². The summed E-state index contributed by atoms with van der Waals surface area (Å²) in [6.45, 7) is -0.986. The number of aliphatic carboxylic acids is 2. The summed E-state index contributed by atoms with van der Waals surface area (Å²) in [5.74, 6) is -6.86. The average molecular weight is 535 g/mol. The van der Waals surface area contributed by atoms with Gasteiger partial charge in [0.2, 0.25) is 23.6 Å². The predicted molar refractivity (Wildman–Crippen MR) is 131 cm³/mol. The zero-order chi connectivity index (χ0) is 28.4. The molecule has 0 aliphatic rings. The molecule has 2 aromatic rings. The second-order valence-corrected chi connectivity index (χ2v) is 8.48. The SMILES string of the molecule is NC(=O)CCC(NC(=O)C(N)Cc1c[nH]c2ccccc12)C(=O)NC(CC(=O)O)C(=O)NC(CO)C(=O)O. The van der Waals surface area contributed by atoms with Crippen molar-refractivity contribution in [2.45, 2.75) is 49.9 Å². The van der Waals surface area contributed by atoms with E-state index in [1.54, 1.807) is 6.20 Å². The van der Waals surface area contributed by atoms with E-state index in [-0.39, 0.29) is 19.3 Å². The molecule has 0 spiro atoms. The topological polar surface area (TPSA) is 267 Å². The first-order valence-corrected chi connectivity index (χ1v) is 11.5. The van der Waals surface area contributed by atoms with Crippen molar-refractivity contribution in [2.75, 3.05) is 6.61 Å². The lowest BCUT2D eigenvalue weighted by Crippen LogP contribution is -2.58. The minimum absolute atomic E-state index is 0.0990. The van der Waals surface area contributed by atoms with E-state index >= 15 is 0 Å². The largest absolute Gasteiger partial charge is 0.481 e. The maximum Gasteiger partial charge on any atom is 0.328 e. The molecule has 0 fully saturated rings. The number of amides is 4. The molecule has 1 aromatic carbocycles. The fraction of sp³-hybridized carbons (Fsp3) is 0.391. The standard InChI is InChI=1S/C23H30N6O9/c24-13(7-11-9-26-14-4-2-1-3-12(11)14)20(34)27-15(5-6-18(25)31)21(35)28-16(8-19(32)33)22(36)29-17(10-30)23(37)38/h1-4,9,13,15-17,26,30H,5-8,10,24H2,(H2,25,31)(H,27,34)(H,28,35)(H,29,36)(H,32,33)(H,37,38). The van der Waals surface area contributed by atoms with Crippen molar-refractivity contribution in [1.82, 2.24) is 20.9 Å². The van der Waals surface area contributed by atoms with E-state index in [4.69, 9.17) is 26.8 Å². The molecule has 2 rings (SSSR count). The van der Waals surface area contributed by atoms with E-state index in [1.807, 2.05) is 29.6 Å². The molecule has 1 aromatic heterocycles. The molecule has 1 heterocycles. The lowest BCUT2D eigenvalue weighted by atomic mass is 10.0. The molecule has 0 saturated carbocycles. The normalized spacial score (nSPS) is 14.1. The second-order valence-electron chi connectivity index (χ2n) is 8.48. The molecule has 38 heavy (non-hydrogen) atoms. The highest BCUT2D eigenvalue weighted by atomic mass is 16.4. The number of hydrogen-bond donors (Lipinski definition) is 9. The van der Waals surface area contributed by atoms with Gasteiger partial charge in [0, 0.05) is 23.5 Å². The molecule has 4 amide bonds. The van der Waals surface area contributed by atoms with Crippen LogP contribution in [0.5, 0.6) is 0 Å². The van der Waals surface area contributed by atoms with Gasteiger partial charge >= 0.3 is 11.9 Å². The molecule has 11 N–H and O–H groups in total. The Kier molecular flexibility index (Phi) is 10.7. The minimum Gasteiger partial charge on any atom is -0.481 e. The molecule has 4 unspecified atom stereocenters. The number of fused-ring (bicyclic) bond motifs is 1. The summed E-state index contributed by atoms with van der Waals surface area (Å²) in [6.07, 6.45) is 0.231. The number of benzene rings is 1. The summed E-state index contributed by atoms with van der Waals surface area (Å²) >= 11 is 0. The van der Waals surface area contributed by atoms with Crippen LogP contribution in [0.3, 0.4) is 0 Å². The third kappa shape index (κ3) is 8.56. The first-order valence-electron chi connectivity index (χ1n) is 11.5. The van der Waals surface area contributed by atoms with Crippen LogP contribution in [0.2, 0.25) is 0 Å². The summed E-state index contributed by atoms with van der Waals surface area (Å²) in [6, 6.07) is 1.29. The Labute approximate surface area is 215 Å². The quantitative estimate of drug-likeness (QED) is 0.114. The van der Waals surface area contributed by atoms with Crippen molar-refractivity contribution in [3.05, 3.63) is 36.0 Å². The van der Waals surface area contributed by atoms with Crippen LogP contribution in [0.25, 0.3) is 10.9 Å². The molecule has 0 radical (unpaired) electrons. The van der Waals surface area contributed by atoms with Gasteiger partial charge in [-0.05, 0) is 24.5 Å². The maximum atomic E-state index is 12.9. The molecular formula is C23H30N6O9. The fourth-order valence-electron chi connectivity index (χ4n) is 3.58. The van der Waals surface area contributed by atoms with Crippen LogP contribution in [0, 0.1) is 0 Å². The van der Waals surface area contributed by atoms with E-state index in [9.17, 15) is 28.8 Å². The highest BCUT2D eigenvalue weighted by Gasteiger charge is 2.31. The number of nitrogens with one attached hydrogen (secondary N) is 4. The molecular weight excluding hydrogens is 504 g/mol. The van der Waals surface area contributed by atoms with Gasteiger partial charge in [-0.3, -0.25) is 24.0 Å². The number of H-pyrrole nitrogens is 1. The number of carboxylic acids is 2. The average Bonchev–Trinajstić information content (AvgIpc) is 3.26. The smallest absolute Gasteiger partial charge is 0.328 e. The van der Waals surface area contributed by atoms with Crippen molar-refractivity contribution in [3.63, 3.8) is 0 Å². The van der Waals surface area contributed by atoms with Crippen LogP contribution in [-0.2, 0) is 35.2 Å². The Morgan fingerprint density at radius 1 is 0.895 bits per heavy atom. The molecule has 0 saturated heterocycles. The highest BCUT2D eigenvalue weighted by molar-refractivity contribution is 5.96. The van der Waals surface area contributed by atoms with Crippen molar-refractivity contribution in [2.24, 2.45) is 11.5 Å². The molecule has 4 atom stereocenters. The van der Waals surface area contributed by atoms with Crippen LogP contribution in [0.15, 0.2) is 30.5 Å². The van der Waals surface area contributed by atoms with Gasteiger partial charge in [0.15, 0.2) is 0 Å². The van der Waals surface area contributed by atoms with Gasteiger partial charge in [-0.2, -0.15) is 0 Å². The number of carbonyl (C=O) groups is 6. The number of nitrogens with two attached hydrogens (primary N) is 2. The minimum atomic E-state index is -1.76. The fourth-order valence-corrected chi connectivity index (χ4v) is 3.58. The summed E-state index contributed by atoms with van der Waals surface area (Å²) in [7, 11) is 0. The third-order valence-corrected chi connectivity index (χ3v) is 5.57. The van der Waals surface area contributed by atoms with Gasteiger partial charge in [-0.15, -0.1) is 0 Å². The van der Waals surface area contributed by atoms with Gasteiger partial charge in [0.25, 0.3) is 0 Å². The first kappa shape index (κ1) is 29.7. The van der Waals surface area contributed by atoms with Crippen molar-refractivity contribution in [3.8, 4) is 0 Å². The van der Waals surface area contributed by atoms with Crippen molar-refractivity contribution < 1.29 is 44.1 Å². The van der Waals surface area contributed by atoms with Crippen LogP contribution >= 0.6 is 0 Å². The summed E-state index contributed by atoms with van der Waals surface area (Å²) < 4.78 is 0. The molecule has 0 bridgehead atoms. The maximum absolute atomic E-state index is 12.9. The molecule has 0 aliphatic heterocycles. The lowest BCUT2D eigenvalue weighted by molar-refractivity contribution is -0.144. The number of aliphatic hydroxyl groups is 1. The number of primary amides is 1. The predicted octanol–water partition coefficient (Wildman–Crippen LogP) is -2.69. The van der Waals surface area contributed by atoms with E-state index in [0.29, 0.717) is 0 Å². The number of carboxylic acid groups (broad SMARTS) is 2. The Morgan fingerprint density at radius 3 is 2.11 bits per heavy atom. The van der Waals surface area contributed by atoms with Crippen molar-refractivity contribution in [1.29, 1.82) is 0 Å². The summed E-state index contributed by atoms with van der Waals surface area (Å²) in [5.41, 5.74) is 12.8. The van der Waals surface area contributed by atoms with Gasteiger partial charge < -0.3 is 47.7 Å². The molecule has 15 nitrogen and oxygen atoms in total. The summed E-state index contributed by atoms with van der Waals surface area (Å²) in [4.78, 5) is 74.9. The Balaban J connectivity index is 2.15. The van der Waals surface area contributed by atoms with E-state index in [0.717, 1.165) is 16.5 Å². The first-order chi connectivity index (χ1) is 17.9. The number of hydrogen-bond acceptors (Lipinski definition) is 8. The van der Waals surface area contributed by atoms with E-state index in [2.05, 4.69) is 15.6 Å². The molecule has 15 heteroatoms. The lowest BCUT2D eigenvalue weighted by Gasteiger charge is -2.24. The molecule has 0 aliphatic carbocycles. The third-order valence-electron chi connectivity index (χ3n) is 5.57. The van der Waals surface area contributed by atoms with Crippen LogP contribution in [-0.4, -0.2) is 86.6 Å². The number of rotatable bonds is 15. The van der Waals surface area contributed by atoms with Gasteiger partial charge in [0.05, 0.1) is 19.1 Å². The van der Waals surface area contributed by atoms with Crippen LogP contribution < -0.4 is 27.4 Å². The number of aliphatic hydroxyl groups excluding tert-OH is 1. The number of para-hydroxylation sites is 1. The van der Waals surface area contributed by atoms with Crippen LogP contribution in [0.1, 0.15) is 24.8 Å². The zero-order valence-corrected chi connectivity index (χ0v) is 20.2. The monoisotopic (exact) mass is 534 g/mol. The zero-order valence-electron chi connectivity index (χ0n) is 20.2.